The third-order valence-electron chi connectivity index (χ3n) is 4.55. The van der Waals surface area contributed by atoms with Crippen molar-refractivity contribution >= 4 is 29.3 Å². The summed E-state index contributed by atoms with van der Waals surface area (Å²) in [6.45, 7) is 3.22. The van der Waals surface area contributed by atoms with Crippen LogP contribution in [0.1, 0.15) is 36.1 Å². The van der Waals surface area contributed by atoms with E-state index in [-0.39, 0.29) is 23.9 Å². The topological polar surface area (TPSA) is 92.6 Å². The predicted octanol–water partition coefficient (Wildman–Crippen LogP) is 3.81. The van der Waals surface area contributed by atoms with Gasteiger partial charge in [-0.2, -0.15) is 0 Å². The smallest absolute Gasteiger partial charge is 0.271 e. The fraction of sp³-hybridized carbons (Fsp3) is 0.200. The second-order valence-corrected chi connectivity index (χ2v) is 6.40. The normalized spacial score (nSPS) is 15.2. The van der Waals surface area contributed by atoms with Crippen molar-refractivity contribution in [2.24, 2.45) is 0 Å². The van der Waals surface area contributed by atoms with Gasteiger partial charge in [0.2, 0.25) is 11.8 Å². The summed E-state index contributed by atoms with van der Waals surface area (Å²) in [5.74, 6) is -0.481. The molecule has 27 heavy (non-hydrogen) atoms. The molecule has 2 aromatic carbocycles. The molecular formula is C20H19N3O4. The van der Waals surface area contributed by atoms with Crippen LogP contribution >= 0.6 is 0 Å². The molecule has 1 heterocycles. The SMILES string of the molecule is CC(=O)N1C=Cc2ccccc2[C@H]1CC(=O)Nc1cc([N+](=O)[O-])ccc1C. The van der Waals surface area contributed by atoms with Crippen molar-refractivity contribution in [3.8, 4) is 0 Å². The maximum Gasteiger partial charge on any atom is 0.271 e. The Balaban J connectivity index is 1.84. The number of nitrogens with one attached hydrogen (secondary N) is 1. The molecule has 0 fully saturated rings. The number of nitro groups is 1. The maximum atomic E-state index is 12.6. The number of non-ortho nitro benzene ring substituents is 1. The van der Waals surface area contributed by atoms with Crippen LogP contribution in [0.3, 0.4) is 0 Å². The first kappa shape index (κ1) is 18.3. The monoisotopic (exact) mass is 365 g/mol. The van der Waals surface area contributed by atoms with Gasteiger partial charge in [0, 0.05) is 25.3 Å². The molecule has 0 bridgehead atoms. The molecule has 0 radical (unpaired) electrons. The predicted molar refractivity (Wildman–Crippen MR) is 102 cm³/mol. The molecule has 7 heteroatoms. The Bertz CT molecular complexity index is 952. The number of nitrogens with zero attached hydrogens (tertiary/aromatic N) is 2. The van der Waals surface area contributed by atoms with Gasteiger partial charge in [-0.15, -0.1) is 0 Å². The standard InChI is InChI=1S/C20H19N3O4/c1-13-7-8-16(23(26)27)11-18(13)21-20(25)12-19-17-6-4-3-5-15(17)9-10-22(19)14(2)24/h3-11,19H,12H2,1-2H3,(H,21,25)/t19-/m1/s1. The van der Waals surface area contributed by atoms with E-state index in [1.807, 2.05) is 30.3 Å². The van der Waals surface area contributed by atoms with E-state index in [9.17, 15) is 19.7 Å². The van der Waals surface area contributed by atoms with Crippen molar-refractivity contribution in [2.75, 3.05) is 5.32 Å². The summed E-state index contributed by atoms with van der Waals surface area (Å²) >= 11 is 0. The zero-order chi connectivity index (χ0) is 19.6. The molecule has 1 N–H and O–H groups in total. The van der Waals surface area contributed by atoms with Crippen LogP contribution in [0.15, 0.2) is 48.7 Å². The molecule has 0 spiro atoms. The number of rotatable bonds is 4. The second kappa shape index (κ2) is 7.41. The number of amides is 2. The van der Waals surface area contributed by atoms with Gasteiger partial charge < -0.3 is 10.2 Å². The van der Waals surface area contributed by atoms with E-state index >= 15 is 0 Å². The van der Waals surface area contributed by atoms with E-state index in [1.165, 1.54) is 24.0 Å². The van der Waals surface area contributed by atoms with Gasteiger partial charge >= 0.3 is 0 Å². The van der Waals surface area contributed by atoms with Crippen molar-refractivity contribution in [3.05, 3.63) is 75.5 Å². The van der Waals surface area contributed by atoms with Crippen molar-refractivity contribution in [1.29, 1.82) is 0 Å². The number of anilines is 1. The second-order valence-electron chi connectivity index (χ2n) is 6.40. The Morgan fingerprint density at radius 3 is 2.67 bits per heavy atom. The largest absolute Gasteiger partial charge is 0.326 e. The zero-order valence-corrected chi connectivity index (χ0v) is 15.0. The van der Waals surface area contributed by atoms with Gasteiger partial charge in [0.25, 0.3) is 5.69 Å². The first-order valence-corrected chi connectivity index (χ1v) is 8.47. The summed E-state index contributed by atoms with van der Waals surface area (Å²) in [6, 6.07) is 11.5. The van der Waals surface area contributed by atoms with Gasteiger partial charge in [-0.05, 0) is 29.7 Å². The Kier molecular flexibility index (Phi) is 5.03. The molecule has 138 valence electrons. The third-order valence-corrected chi connectivity index (χ3v) is 4.55. The summed E-state index contributed by atoms with van der Waals surface area (Å²) < 4.78 is 0. The van der Waals surface area contributed by atoms with Crippen LogP contribution in [-0.4, -0.2) is 21.6 Å². The number of hydrogen-bond acceptors (Lipinski definition) is 4. The summed E-state index contributed by atoms with van der Waals surface area (Å²) in [4.78, 5) is 36.6. The quantitative estimate of drug-likeness (QED) is 0.659. The number of carbonyl (C=O) groups is 2. The molecule has 0 unspecified atom stereocenters. The number of carbonyl (C=O) groups excluding carboxylic acids is 2. The molecule has 3 rings (SSSR count). The summed E-state index contributed by atoms with van der Waals surface area (Å²) in [6.07, 6.45) is 3.57. The van der Waals surface area contributed by atoms with Crippen molar-refractivity contribution in [3.63, 3.8) is 0 Å². The average Bonchev–Trinajstić information content (AvgIpc) is 2.63. The summed E-state index contributed by atoms with van der Waals surface area (Å²) in [7, 11) is 0. The molecule has 1 aliphatic heterocycles. The van der Waals surface area contributed by atoms with E-state index in [0.29, 0.717) is 5.69 Å². The Morgan fingerprint density at radius 2 is 1.96 bits per heavy atom. The highest BCUT2D eigenvalue weighted by Gasteiger charge is 2.28. The van der Waals surface area contributed by atoms with Gasteiger partial charge in [-0.3, -0.25) is 19.7 Å². The zero-order valence-electron chi connectivity index (χ0n) is 15.0. The number of hydrogen-bond donors (Lipinski definition) is 1. The lowest BCUT2D eigenvalue weighted by atomic mass is 9.93. The fourth-order valence-electron chi connectivity index (χ4n) is 3.15. The van der Waals surface area contributed by atoms with Gasteiger partial charge in [0.15, 0.2) is 0 Å². The molecule has 7 nitrogen and oxygen atoms in total. The molecule has 1 atom stereocenters. The number of benzene rings is 2. The summed E-state index contributed by atoms with van der Waals surface area (Å²) in [5.41, 5.74) is 2.87. The average molecular weight is 365 g/mol. The van der Waals surface area contributed by atoms with Crippen LogP contribution < -0.4 is 5.32 Å². The van der Waals surface area contributed by atoms with Gasteiger partial charge in [0.05, 0.1) is 23.1 Å². The van der Waals surface area contributed by atoms with E-state index < -0.39 is 11.0 Å². The molecule has 1 aliphatic rings. The van der Waals surface area contributed by atoms with E-state index in [0.717, 1.165) is 16.7 Å². The van der Waals surface area contributed by atoms with Crippen LogP contribution in [0.25, 0.3) is 6.08 Å². The molecule has 0 aromatic heterocycles. The molecule has 2 aromatic rings. The highest BCUT2D eigenvalue weighted by Crippen LogP contribution is 2.33. The van der Waals surface area contributed by atoms with Crippen LogP contribution in [0.4, 0.5) is 11.4 Å². The molecular weight excluding hydrogens is 346 g/mol. The van der Waals surface area contributed by atoms with Gasteiger partial charge in [0.1, 0.15) is 0 Å². The van der Waals surface area contributed by atoms with Crippen LogP contribution in [0.2, 0.25) is 0 Å². The maximum absolute atomic E-state index is 12.6. The number of nitro benzene ring substituents is 1. The lowest BCUT2D eigenvalue weighted by molar-refractivity contribution is -0.384. The first-order valence-electron chi connectivity index (χ1n) is 8.47. The minimum absolute atomic E-state index is 0.0447. The number of aryl methyl sites for hydroxylation is 1. The molecule has 0 saturated carbocycles. The van der Waals surface area contributed by atoms with Crippen LogP contribution in [0, 0.1) is 17.0 Å². The lowest BCUT2D eigenvalue weighted by Crippen LogP contribution is -2.33. The van der Waals surface area contributed by atoms with Gasteiger partial charge in [-0.25, -0.2) is 0 Å². The first-order chi connectivity index (χ1) is 12.9. The summed E-state index contributed by atoms with van der Waals surface area (Å²) in [5, 5.41) is 13.7. The molecule has 2 amide bonds. The Hall–Kier alpha value is -3.48. The van der Waals surface area contributed by atoms with Crippen molar-refractivity contribution in [2.45, 2.75) is 26.3 Å². The molecule has 0 aliphatic carbocycles. The highest BCUT2D eigenvalue weighted by molar-refractivity contribution is 5.93. The minimum Gasteiger partial charge on any atom is -0.326 e. The fourth-order valence-corrected chi connectivity index (χ4v) is 3.15. The third kappa shape index (κ3) is 3.87. The van der Waals surface area contributed by atoms with Gasteiger partial charge in [-0.1, -0.05) is 30.3 Å². The Morgan fingerprint density at radius 1 is 1.22 bits per heavy atom. The van der Waals surface area contributed by atoms with Crippen LogP contribution in [0.5, 0.6) is 0 Å². The van der Waals surface area contributed by atoms with E-state index in [2.05, 4.69) is 5.32 Å². The lowest BCUT2D eigenvalue weighted by Gasteiger charge is -2.32. The van der Waals surface area contributed by atoms with E-state index in [4.69, 9.17) is 0 Å². The van der Waals surface area contributed by atoms with Crippen molar-refractivity contribution < 1.29 is 14.5 Å². The van der Waals surface area contributed by atoms with Crippen LogP contribution in [-0.2, 0) is 9.59 Å². The van der Waals surface area contributed by atoms with E-state index in [1.54, 1.807) is 19.2 Å². The number of fused-ring (bicyclic) bond motifs is 1. The Labute approximate surface area is 156 Å². The molecule has 0 saturated heterocycles. The highest BCUT2D eigenvalue weighted by atomic mass is 16.6. The minimum atomic E-state index is -0.505. The van der Waals surface area contributed by atoms with Crippen molar-refractivity contribution in [1.82, 2.24) is 4.90 Å².